The van der Waals surface area contributed by atoms with Crippen molar-refractivity contribution in [1.82, 2.24) is 9.71 Å². The SMILES string of the molecule is O=S(On1cnc(Cl)c1-c1ccc(F)cc1)c1ccccc1. The first-order valence-corrected chi connectivity index (χ1v) is 7.75. The van der Waals surface area contributed by atoms with E-state index >= 15 is 0 Å². The van der Waals surface area contributed by atoms with Crippen molar-refractivity contribution in [1.29, 1.82) is 0 Å². The summed E-state index contributed by atoms with van der Waals surface area (Å²) in [6.45, 7) is 0. The Morgan fingerprint density at radius 2 is 1.77 bits per heavy atom. The van der Waals surface area contributed by atoms with Crippen molar-refractivity contribution >= 4 is 22.7 Å². The molecule has 7 heteroatoms. The fourth-order valence-corrected chi connectivity index (χ4v) is 2.83. The van der Waals surface area contributed by atoms with Crippen LogP contribution in [-0.4, -0.2) is 13.9 Å². The first-order chi connectivity index (χ1) is 10.6. The van der Waals surface area contributed by atoms with E-state index in [0.29, 0.717) is 16.2 Å². The fraction of sp³-hybridized carbons (Fsp3) is 0. The quantitative estimate of drug-likeness (QED) is 0.732. The van der Waals surface area contributed by atoms with Crippen LogP contribution in [0.1, 0.15) is 0 Å². The van der Waals surface area contributed by atoms with Crippen LogP contribution in [0.15, 0.2) is 65.8 Å². The van der Waals surface area contributed by atoms with E-state index in [0.717, 1.165) is 0 Å². The topological polar surface area (TPSA) is 44.1 Å². The number of aromatic nitrogens is 2. The summed E-state index contributed by atoms with van der Waals surface area (Å²) in [5.74, 6) is -0.361. The molecule has 3 aromatic rings. The van der Waals surface area contributed by atoms with E-state index < -0.39 is 11.1 Å². The molecule has 0 aliphatic rings. The normalized spacial score (nSPS) is 12.1. The minimum Gasteiger partial charge on any atom is -0.304 e. The zero-order chi connectivity index (χ0) is 15.5. The van der Waals surface area contributed by atoms with E-state index in [9.17, 15) is 8.60 Å². The number of hydrogen-bond donors (Lipinski definition) is 0. The Morgan fingerprint density at radius 3 is 2.45 bits per heavy atom. The zero-order valence-electron chi connectivity index (χ0n) is 11.1. The van der Waals surface area contributed by atoms with Crippen LogP contribution in [0.2, 0.25) is 5.15 Å². The Hall–Kier alpha value is -2.18. The smallest absolute Gasteiger partial charge is 0.263 e. The highest BCUT2D eigenvalue weighted by molar-refractivity contribution is 7.80. The average molecular weight is 337 g/mol. The Labute approximate surface area is 133 Å². The Kier molecular flexibility index (Phi) is 4.22. The summed E-state index contributed by atoms with van der Waals surface area (Å²) < 4.78 is 31.8. The molecule has 0 radical (unpaired) electrons. The largest absolute Gasteiger partial charge is 0.304 e. The number of imidazole rings is 1. The second kappa shape index (κ2) is 6.29. The van der Waals surface area contributed by atoms with E-state index in [1.807, 2.05) is 6.07 Å². The Bertz CT molecular complexity index is 806. The van der Waals surface area contributed by atoms with Gasteiger partial charge >= 0.3 is 0 Å². The molecule has 0 bridgehead atoms. The average Bonchev–Trinajstić information content (AvgIpc) is 2.90. The molecule has 22 heavy (non-hydrogen) atoms. The molecule has 0 aliphatic carbocycles. The van der Waals surface area contributed by atoms with Gasteiger partial charge < -0.3 is 4.28 Å². The molecule has 0 saturated carbocycles. The number of nitrogens with zero attached hydrogens (tertiary/aromatic N) is 2. The maximum atomic E-state index is 13.0. The van der Waals surface area contributed by atoms with Crippen LogP contribution in [0.3, 0.4) is 0 Å². The highest BCUT2D eigenvalue weighted by Gasteiger charge is 2.15. The molecule has 1 atom stereocenters. The van der Waals surface area contributed by atoms with Gasteiger partial charge in [0, 0.05) is 5.56 Å². The predicted molar refractivity (Wildman–Crippen MR) is 82.1 cm³/mol. The van der Waals surface area contributed by atoms with Crippen LogP contribution in [0.4, 0.5) is 4.39 Å². The van der Waals surface area contributed by atoms with Crippen molar-refractivity contribution in [2.45, 2.75) is 4.90 Å². The maximum absolute atomic E-state index is 13.0. The van der Waals surface area contributed by atoms with Gasteiger partial charge in [-0.25, -0.2) is 13.6 Å². The molecule has 4 nitrogen and oxygen atoms in total. The third kappa shape index (κ3) is 3.03. The highest BCUT2D eigenvalue weighted by atomic mass is 35.5. The lowest BCUT2D eigenvalue weighted by atomic mass is 10.2. The zero-order valence-corrected chi connectivity index (χ0v) is 12.7. The number of halogens is 2. The van der Waals surface area contributed by atoms with Gasteiger partial charge in [-0.15, -0.1) is 0 Å². The lowest BCUT2D eigenvalue weighted by Crippen LogP contribution is -2.14. The first-order valence-electron chi connectivity index (χ1n) is 6.29. The van der Waals surface area contributed by atoms with Crippen LogP contribution >= 0.6 is 11.6 Å². The molecule has 1 aromatic heterocycles. The van der Waals surface area contributed by atoms with Crippen molar-refractivity contribution in [3.8, 4) is 11.3 Å². The maximum Gasteiger partial charge on any atom is 0.263 e. The summed E-state index contributed by atoms with van der Waals surface area (Å²) in [5, 5.41) is 0.177. The van der Waals surface area contributed by atoms with Crippen molar-refractivity contribution in [2.24, 2.45) is 0 Å². The molecule has 0 spiro atoms. The van der Waals surface area contributed by atoms with Crippen molar-refractivity contribution in [2.75, 3.05) is 0 Å². The van der Waals surface area contributed by atoms with Gasteiger partial charge in [-0.3, -0.25) is 0 Å². The first kappa shape index (κ1) is 14.7. The van der Waals surface area contributed by atoms with Gasteiger partial charge in [0.05, 0.1) is 4.90 Å². The number of benzene rings is 2. The summed E-state index contributed by atoms with van der Waals surface area (Å²) in [5.41, 5.74) is 1.01. The summed E-state index contributed by atoms with van der Waals surface area (Å²) in [6.07, 6.45) is 1.32. The molecular formula is C15H10ClFN2O2S. The Morgan fingerprint density at radius 1 is 1.09 bits per heavy atom. The molecule has 0 fully saturated rings. The Balaban J connectivity index is 1.93. The summed E-state index contributed by atoms with van der Waals surface area (Å²) in [7, 11) is 0. The van der Waals surface area contributed by atoms with Crippen LogP contribution in [-0.2, 0) is 11.1 Å². The highest BCUT2D eigenvalue weighted by Crippen LogP contribution is 2.26. The molecule has 0 saturated heterocycles. The molecule has 1 unspecified atom stereocenters. The number of hydrogen-bond acceptors (Lipinski definition) is 3. The molecule has 0 N–H and O–H groups in total. The van der Waals surface area contributed by atoms with E-state index in [1.54, 1.807) is 36.4 Å². The molecule has 2 aromatic carbocycles. The molecule has 1 heterocycles. The van der Waals surface area contributed by atoms with Crippen LogP contribution in [0.25, 0.3) is 11.3 Å². The van der Waals surface area contributed by atoms with E-state index in [2.05, 4.69) is 4.98 Å². The standard InChI is InChI=1S/C15H10ClFN2O2S/c16-15-14(11-6-8-12(17)9-7-11)19(10-18-15)21-22(20)13-4-2-1-3-5-13/h1-10H. The monoisotopic (exact) mass is 336 g/mol. The van der Waals surface area contributed by atoms with E-state index in [4.69, 9.17) is 15.9 Å². The summed E-state index contributed by atoms with van der Waals surface area (Å²) in [6, 6.07) is 14.4. The van der Waals surface area contributed by atoms with Gasteiger partial charge in [-0.2, -0.15) is 4.73 Å². The molecule has 3 rings (SSSR count). The van der Waals surface area contributed by atoms with Crippen molar-refractivity contribution in [3.05, 3.63) is 71.9 Å². The minimum absolute atomic E-state index is 0.177. The summed E-state index contributed by atoms with van der Waals surface area (Å²) >= 11 is 4.32. The second-order valence-corrected chi connectivity index (χ2v) is 5.79. The number of rotatable bonds is 4. The second-order valence-electron chi connectivity index (χ2n) is 4.34. The molecule has 0 amide bonds. The molecule has 112 valence electrons. The minimum atomic E-state index is -1.72. The summed E-state index contributed by atoms with van der Waals surface area (Å²) in [4.78, 5) is 4.45. The van der Waals surface area contributed by atoms with Gasteiger partial charge in [0.2, 0.25) is 0 Å². The van der Waals surface area contributed by atoms with Crippen LogP contribution in [0, 0.1) is 5.82 Å². The fourth-order valence-electron chi connectivity index (χ4n) is 1.87. The third-order valence-electron chi connectivity index (χ3n) is 2.89. The van der Waals surface area contributed by atoms with E-state index in [-0.39, 0.29) is 11.0 Å². The molecular weight excluding hydrogens is 327 g/mol. The van der Waals surface area contributed by atoms with Gasteiger partial charge in [-0.05, 0) is 36.4 Å². The van der Waals surface area contributed by atoms with Gasteiger partial charge in [0.25, 0.3) is 11.1 Å². The lowest BCUT2D eigenvalue weighted by Gasteiger charge is -2.09. The van der Waals surface area contributed by atoms with Gasteiger partial charge in [-0.1, -0.05) is 29.8 Å². The lowest BCUT2D eigenvalue weighted by molar-refractivity contribution is 0.306. The van der Waals surface area contributed by atoms with Crippen molar-refractivity contribution < 1.29 is 12.9 Å². The van der Waals surface area contributed by atoms with Crippen LogP contribution < -0.4 is 4.28 Å². The van der Waals surface area contributed by atoms with Crippen molar-refractivity contribution in [3.63, 3.8) is 0 Å². The molecule has 0 aliphatic heterocycles. The van der Waals surface area contributed by atoms with Crippen LogP contribution in [0.5, 0.6) is 0 Å². The predicted octanol–water partition coefficient (Wildman–Crippen LogP) is 3.49. The van der Waals surface area contributed by atoms with Gasteiger partial charge in [0.1, 0.15) is 17.8 Å². The van der Waals surface area contributed by atoms with E-state index in [1.165, 1.54) is 23.2 Å². The third-order valence-corrected chi connectivity index (χ3v) is 4.12. The van der Waals surface area contributed by atoms with Gasteiger partial charge in [0.15, 0.2) is 5.15 Å².